The molecule has 2 N–H and O–H groups in total. The summed E-state index contributed by atoms with van der Waals surface area (Å²) in [6, 6.07) is 21.4. The molecule has 5 aromatic rings. The van der Waals surface area contributed by atoms with Crippen molar-refractivity contribution in [2.24, 2.45) is 5.73 Å². The Morgan fingerprint density at radius 2 is 1.73 bits per heavy atom. The summed E-state index contributed by atoms with van der Waals surface area (Å²) in [7, 11) is 0. The fourth-order valence-corrected chi connectivity index (χ4v) is 4.63. The lowest BCUT2D eigenvalue weighted by Crippen LogP contribution is -2.43. The SMILES string of the molecule is NC1(c2ccc(-n3nc(C(F)F)[n+]4ccc5ncc(-c6ccccc6)cc5c34)cc2)CCC1. The molecule has 3 aromatic heterocycles. The average molecular weight is 442 g/mol. The first-order chi connectivity index (χ1) is 16.0. The number of nitrogens with two attached hydrogens (primary N) is 1. The van der Waals surface area contributed by atoms with Gasteiger partial charge in [0.2, 0.25) is 0 Å². The van der Waals surface area contributed by atoms with E-state index in [2.05, 4.69) is 10.1 Å². The molecule has 0 amide bonds. The average Bonchev–Trinajstić information content (AvgIpc) is 3.23. The number of rotatable bonds is 4. The predicted octanol–water partition coefficient (Wildman–Crippen LogP) is 5.10. The summed E-state index contributed by atoms with van der Waals surface area (Å²) in [5.74, 6) is -0.310. The Labute approximate surface area is 189 Å². The standard InChI is InChI=1S/C26H22F2N5/c27-23(28)24-31-33(20-9-7-19(8-10-20)26(29)12-4-13-26)25-21-15-18(17-5-2-1-3-6-17)16-30-22(21)11-14-32(24)25/h1-3,5-11,14-16,23H,4,12-13,29H2/q+1. The molecule has 1 aliphatic rings. The zero-order chi connectivity index (χ0) is 22.6. The number of halogens is 2. The highest BCUT2D eigenvalue weighted by Crippen LogP contribution is 2.39. The fourth-order valence-electron chi connectivity index (χ4n) is 4.63. The van der Waals surface area contributed by atoms with Crippen LogP contribution in [0.1, 0.15) is 37.1 Å². The van der Waals surface area contributed by atoms with Gasteiger partial charge in [-0.05, 0) is 54.7 Å². The van der Waals surface area contributed by atoms with Crippen LogP contribution in [0.2, 0.25) is 0 Å². The predicted molar refractivity (Wildman–Crippen MR) is 122 cm³/mol. The first kappa shape index (κ1) is 19.9. The number of alkyl halides is 2. The highest BCUT2D eigenvalue weighted by molar-refractivity contribution is 5.92. The summed E-state index contributed by atoms with van der Waals surface area (Å²) >= 11 is 0. The lowest BCUT2D eigenvalue weighted by atomic mass is 9.73. The number of hydrogen-bond donors (Lipinski definition) is 1. The lowest BCUT2D eigenvalue weighted by Gasteiger charge is -2.38. The van der Waals surface area contributed by atoms with E-state index in [0.29, 0.717) is 16.9 Å². The molecule has 1 aliphatic carbocycles. The number of nitrogens with zero attached hydrogens (tertiary/aromatic N) is 4. The van der Waals surface area contributed by atoms with Crippen molar-refractivity contribution in [2.75, 3.05) is 0 Å². The van der Waals surface area contributed by atoms with Crippen LogP contribution in [0.5, 0.6) is 0 Å². The van der Waals surface area contributed by atoms with Crippen LogP contribution in [0.25, 0.3) is 33.4 Å². The molecule has 1 fully saturated rings. The summed E-state index contributed by atoms with van der Waals surface area (Å²) < 4.78 is 30.9. The molecule has 1 saturated carbocycles. The van der Waals surface area contributed by atoms with Crippen molar-refractivity contribution in [1.29, 1.82) is 0 Å². The fraction of sp³-hybridized carbons (Fsp3) is 0.192. The number of aromatic nitrogens is 4. The third-order valence-corrected chi connectivity index (χ3v) is 6.65. The molecule has 0 radical (unpaired) electrons. The van der Waals surface area contributed by atoms with Crippen LogP contribution in [0.15, 0.2) is 79.1 Å². The van der Waals surface area contributed by atoms with Gasteiger partial charge in [0.1, 0.15) is 5.69 Å². The Morgan fingerprint density at radius 1 is 0.970 bits per heavy atom. The van der Waals surface area contributed by atoms with E-state index in [-0.39, 0.29) is 11.4 Å². The van der Waals surface area contributed by atoms with Gasteiger partial charge in [-0.3, -0.25) is 4.98 Å². The van der Waals surface area contributed by atoms with Crippen molar-refractivity contribution in [3.63, 3.8) is 0 Å². The van der Waals surface area contributed by atoms with E-state index in [1.807, 2.05) is 60.7 Å². The minimum absolute atomic E-state index is 0.283. The van der Waals surface area contributed by atoms with Gasteiger partial charge in [-0.15, -0.1) is 0 Å². The van der Waals surface area contributed by atoms with Crippen LogP contribution < -0.4 is 10.1 Å². The third-order valence-electron chi connectivity index (χ3n) is 6.65. The maximum absolute atomic E-state index is 13.9. The molecule has 3 heterocycles. The van der Waals surface area contributed by atoms with E-state index >= 15 is 0 Å². The molecule has 5 nitrogen and oxygen atoms in total. The van der Waals surface area contributed by atoms with E-state index in [9.17, 15) is 8.78 Å². The van der Waals surface area contributed by atoms with Crippen molar-refractivity contribution >= 4 is 16.6 Å². The maximum atomic E-state index is 13.9. The van der Waals surface area contributed by atoms with E-state index in [0.717, 1.165) is 41.3 Å². The number of hydrogen-bond acceptors (Lipinski definition) is 3. The molecule has 0 saturated heterocycles. The minimum atomic E-state index is -2.72. The second-order valence-corrected chi connectivity index (χ2v) is 8.66. The number of fused-ring (bicyclic) bond motifs is 3. The minimum Gasteiger partial charge on any atom is -0.321 e. The van der Waals surface area contributed by atoms with E-state index in [4.69, 9.17) is 5.73 Å². The Kier molecular flexibility index (Phi) is 4.48. The smallest absolute Gasteiger partial charge is 0.321 e. The van der Waals surface area contributed by atoms with Gasteiger partial charge >= 0.3 is 12.2 Å². The maximum Gasteiger partial charge on any atom is 0.349 e. The first-order valence-electron chi connectivity index (χ1n) is 11.0. The van der Waals surface area contributed by atoms with Gasteiger partial charge in [-0.2, -0.15) is 13.2 Å². The highest BCUT2D eigenvalue weighted by Gasteiger charge is 2.35. The molecule has 0 aliphatic heterocycles. The summed E-state index contributed by atoms with van der Waals surface area (Å²) in [5.41, 5.74) is 11.1. The molecule has 164 valence electrons. The Morgan fingerprint density at radius 3 is 2.39 bits per heavy atom. The number of benzene rings is 2. The van der Waals surface area contributed by atoms with Gasteiger partial charge in [0, 0.05) is 17.3 Å². The van der Waals surface area contributed by atoms with E-state index in [1.54, 1.807) is 23.1 Å². The van der Waals surface area contributed by atoms with Crippen LogP contribution in [-0.2, 0) is 5.54 Å². The molecule has 0 spiro atoms. The molecular weight excluding hydrogens is 420 g/mol. The van der Waals surface area contributed by atoms with Crippen molar-refractivity contribution in [3.05, 3.63) is 90.5 Å². The van der Waals surface area contributed by atoms with Gasteiger partial charge in [-0.1, -0.05) is 47.1 Å². The largest absolute Gasteiger partial charge is 0.349 e. The van der Waals surface area contributed by atoms with Gasteiger partial charge in [0.25, 0.3) is 5.65 Å². The van der Waals surface area contributed by atoms with Crippen molar-refractivity contribution in [2.45, 2.75) is 31.2 Å². The lowest BCUT2D eigenvalue weighted by molar-refractivity contribution is -0.528. The summed E-state index contributed by atoms with van der Waals surface area (Å²) in [6.07, 6.45) is 3.73. The van der Waals surface area contributed by atoms with Crippen LogP contribution in [0, 0.1) is 0 Å². The van der Waals surface area contributed by atoms with Crippen molar-refractivity contribution in [1.82, 2.24) is 14.8 Å². The summed E-state index contributed by atoms with van der Waals surface area (Å²) in [6.45, 7) is 0. The third kappa shape index (κ3) is 3.19. The van der Waals surface area contributed by atoms with Gasteiger partial charge in [0.15, 0.2) is 0 Å². The Balaban J connectivity index is 1.58. The molecule has 6 rings (SSSR count). The van der Waals surface area contributed by atoms with Crippen LogP contribution in [0.4, 0.5) is 8.78 Å². The number of pyridine rings is 2. The van der Waals surface area contributed by atoms with Crippen LogP contribution >= 0.6 is 0 Å². The normalized spacial score (nSPS) is 15.3. The van der Waals surface area contributed by atoms with Crippen LogP contribution in [-0.4, -0.2) is 14.8 Å². The molecule has 33 heavy (non-hydrogen) atoms. The molecule has 2 aromatic carbocycles. The summed E-state index contributed by atoms with van der Waals surface area (Å²) in [5, 5.41) is 5.06. The zero-order valence-corrected chi connectivity index (χ0v) is 17.8. The monoisotopic (exact) mass is 442 g/mol. The van der Waals surface area contributed by atoms with Crippen molar-refractivity contribution < 1.29 is 13.2 Å². The van der Waals surface area contributed by atoms with Gasteiger partial charge in [-0.25, -0.2) is 0 Å². The molecule has 0 atom stereocenters. The summed E-state index contributed by atoms with van der Waals surface area (Å²) in [4.78, 5) is 4.60. The van der Waals surface area contributed by atoms with Crippen LogP contribution in [0.3, 0.4) is 0 Å². The second-order valence-electron chi connectivity index (χ2n) is 8.66. The zero-order valence-electron chi connectivity index (χ0n) is 17.8. The Hall–Kier alpha value is -3.71. The topological polar surface area (TPSA) is 60.8 Å². The molecule has 0 unspecified atom stereocenters. The van der Waals surface area contributed by atoms with E-state index < -0.39 is 6.43 Å². The molecular formula is C26H22F2N5+. The molecule has 0 bridgehead atoms. The van der Waals surface area contributed by atoms with Gasteiger partial charge < -0.3 is 5.73 Å². The quantitative estimate of drug-likeness (QED) is 0.394. The molecule has 7 heteroatoms. The van der Waals surface area contributed by atoms with E-state index in [1.165, 1.54) is 4.40 Å². The Bertz CT molecular complexity index is 1470. The van der Waals surface area contributed by atoms with Crippen molar-refractivity contribution in [3.8, 4) is 16.8 Å². The van der Waals surface area contributed by atoms with Gasteiger partial charge in [0.05, 0.1) is 22.2 Å². The highest BCUT2D eigenvalue weighted by atomic mass is 19.3. The second kappa shape index (κ2) is 7.42. The first-order valence-corrected chi connectivity index (χ1v) is 11.0.